The van der Waals surface area contributed by atoms with Crippen LogP contribution in [0, 0.1) is 5.82 Å². The Kier molecular flexibility index (Phi) is 3.65. The quantitative estimate of drug-likeness (QED) is 0.800. The van der Waals surface area contributed by atoms with Crippen LogP contribution in [0.25, 0.3) is 0 Å². The summed E-state index contributed by atoms with van der Waals surface area (Å²) >= 11 is 0. The molecule has 3 aromatic rings. The monoisotopic (exact) mass is 324 g/mol. The van der Waals surface area contributed by atoms with Crippen molar-refractivity contribution in [1.29, 1.82) is 0 Å². The number of methoxy groups -OCH3 is 1. The van der Waals surface area contributed by atoms with Gasteiger partial charge in [-0.3, -0.25) is 0 Å². The number of fused-ring (bicyclic) bond motifs is 1. The lowest BCUT2D eigenvalue weighted by Crippen LogP contribution is -2.28. The van der Waals surface area contributed by atoms with E-state index in [0.29, 0.717) is 0 Å². The Morgan fingerprint density at radius 3 is 2.50 bits per heavy atom. The molecule has 1 aromatic heterocycles. The van der Waals surface area contributed by atoms with E-state index in [9.17, 15) is 4.39 Å². The number of benzene rings is 2. The summed E-state index contributed by atoms with van der Waals surface area (Å²) in [5.41, 5.74) is 2.17. The topological polar surface area (TPSA) is 52.0 Å². The van der Waals surface area contributed by atoms with E-state index in [1.165, 1.54) is 18.5 Å². The molecular weight excluding hydrogens is 307 g/mol. The average molecular weight is 324 g/mol. The van der Waals surface area contributed by atoms with Gasteiger partial charge in [-0.05, 0) is 41.8 Å². The van der Waals surface area contributed by atoms with Gasteiger partial charge in [0.25, 0.3) is 0 Å². The smallest absolute Gasteiger partial charge is 0.222 e. The zero-order chi connectivity index (χ0) is 16.5. The molecule has 2 heterocycles. The van der Waals surface area contributed by atoms with Crippen LogP contribution in [0.4, 0.5) is 10.3 Å². The van der Waals surface area contributed by atoms with Crippen molar-refractivity contribution in [2.24, 2.45) is 0 Å². The van der Waals surface area contributed by atoms with Crippen molar-refractivity contribution in [2.45, 2.75) is 18.5 Å². The molecule has 4 rings (SSSR count). The summed E-state index contributed by atoms with van der Waals surface area (Å²) in [6.07, 6.45) is 2.34. The van der Waals surface area contributed by atoms with E-state index < -0.39 is 0 Å². The number of rotatable bonds is 3. The molecule has 2 aromatic carbocycles. The summed E-state index contributed by atoms with van der Waals surface area (Å²) in [5, 5.41) is 7.74. The zero-order valence-corrected chi connectivity index (χ0v) is 13.2. The molecular formula is C18H17FN4O. The summed E-state index contributed by atoms with van der Waals surface area (Å²) in [7, 11) is 1.65. The maximum absolute atomic E-state index is 13.2. The van der Waals surface area contributed by atoms with Crippen molar-refractivity contribution in [3.8, 4) is 5.75 Å². The molecule has 0 spiro atoms. The molecule has 1 aliphatic heterocycles. The largest absolute Gasteiger partial charge is 0.497 e. The summed E-state index contributed by atoms with van der Waals surface area (Å²) in [4.78, 5) is 4.30. The van der Waals surface area contributed by atoms with Crippen LogP contribution < -0.4 is 10.1 Å². The van der Waals surface area contributed by atoms with Crippen molar-refractivity contribution < 1.29 is 9.13 Å². The second-order valence-electron chi connectivity index (χ2n) is 5.80. The van der Waals surface area contributed by atoms with Crippen LogP contribution in [-0.2, 0) is 0 Å². The molecule has 0 saturated carbocycles. The first kappa shape index (κ1) is 14.7. The van der Waals surface area contributed by atoms with Crippen molar-refractivity contribution in [3.63, 3.8) is 0 Å². The number of ether oxygens (including phenoxy) is 1. The van der Waals surface area contributed by atoms with E-state index in [1.54, 1.807) is 7.11 Å². The molecule has 2 atom stereocenters. The van der Waals surface area contributed by atoms with Gasteiger partial charge in [0.2, 0.25) is 5.95 Å². The summed E-state index contributed by atoms with van der Waals surface area (Å²) in [6, 6.07) is 14.7. The Bertz CT molecular complexity index is 829. The fraction of sp³-hybridized carbons (Fsp3) is 0.222. The molecule has 0 unspecified atom stereocenters. The number of aromatic nitrogens is 3. The third-order valence-electron chi connectivity index (χ3n) is 4.40. The number of anilines is 1. The molecule has 24 heavy (non-hydrogen) atoms. The van der Waals surface area contributed by atoms with Gasteiger partial charge in [0.15, 0.2) is 0 Å². The molecule has 6 heteroatoms. The molecule has 0 amide bonds. The Morgan fingerprint density at radius 2 is 1.79 bits per heavy atom. The highest BCUT2D eigenvalue weighted by Crippen LogP contribution is 2.37. The van der Waals surface area contributed by atoms with Crippen molar-refractivity contribution >= 4 is 5.95 Å². The minimum absolute atomic E-state index is 0.0106. The van der Waals surface area contributed by atoms with E-state index in [2.05, 4.69) is 15.4 Å². The molecule has 0 radical (unpaired) electrons. The Labute approximate surface area is 139 Å². The maximum atomic E-state index is 13.2. The van der Waals surface area contributed by atoms with Crippen LogP contribution in [0.2, 0.25) is 0 Å². The van der Waals surface area contributed by atoms with Gasteiger partial charge in [-0.25, -0.2) is 9.07 Å². The Morgan fingerprint density at radius 1 is 1.08 bits per heavy atom. The second-order valence-corrected chi connectivity index (χ2v) is 5.80. The fourth-order valence-corrected chi connectivity index (χ4v) is 3.14. The SMILES string of the molecule is COc1ccc([C@H]2C[C@H](c3ccc(F)cc3)n3ncnc3N2)cc1. The zero-order valence-electron chi connectivity index (χ0n) is 13.2. The van der Waals surface area contributed by atoms with Gasteiger partial charge in [0.05, 0.1) is 19.2 Å². The molecule has 0 fully saturated rings. The number of hydrogen-bond acceptors (Lipinski definition) is 4. The molecule has 0 saturated heterocycles. The second kappa shape index (κ2) is 5.96. The van der Waals surface area contributed by atoms with Gasteiger partial charge >= 0.3 is 0 Å². The summed E-state index contributed by atoms with van der Waals surface area (Å²) in [6.45, 7) is 0. The van der Waals surface area contributed by atoms with E-state index in [1.807, 2.05) is 41.1 Å². The first-order valence-electron chi connectivity index (χ1n) is 7.80. The van der Waals surface area contributed by atoms with E-state index >= 15 is 0 Å². The number of nitrogens with one attached hydrogen (secondary N) is 1. The molecule has 122 valence electrons. The maximum Gasteiger partial charge on any atom is 0.222 e. The van der Waals surface area contributed by atoms with Crippen molar-refractivity contribution in [3.05, 3.63) is 71.8 Å². The standard InChI is InChI=1S/C18H17FN4O/c1-24-15-8-4-12(5-9-15)16-10-17(13-2-6-14(19)7-3-13)23-18(22-16)20-11-21-23/h2-9,11,16-17H,10H2,1H3,(H,20,21,22)/t16-,17-/m1/s1. The lowest BCUT2D eigenvalue weighted by atomic mass is 9.93. The number of hydrogen-bond donors (Lipinski definition) is 1. The summed E-state index contributed by atoms with van der Waals surface area (Å²) in [5.74, 6) is 1.31. The van der Waals surface area contributed by atoms with Crippen molar-refractivity contribution in [1.82, 2.24) is 14.8 Å². The first-order valence-corrected chi connectivity index (χ1v) is 7.80. The van der Waals surface area contributed by atoms with Gasteiger partial charge in [-0.1, -0.05) is 24.3 Å². The molecule has 1 aliphatic rings. The Hall–Kier alpha value is -2.89. The Balaban J connectivity index is 1.68. The summed E-state index contributed by atoms with van der Waals surface area (Å²) < 4.78 is 20.3. The molecule has 1 N–H and O–H groups in total. The number of halogens is 1. The van der Waals surface area contributed by atoms with Crippen LogP contribution in [-0.4, -0.2) is 21.9 Å². The predicted molar refractivity (Wildman–Crippen MR) is 88.5 cm³/mol. The average Bonchev–Trinajstić information content (AvgIpc) is 3.10. The third kappa shape index (κ3) is 2.60. The number of nitrogens with zero attached hydrogens (tertiary/aromatic N) is 3. The minimum Gasteiger partial charge on any atom is -0.497 e. The predicted octanol–water partition coefficient (Wildman–Crippen LogP) is 3.57. The minimum atomic E-state index is -0.238. The lowest BCUT2D eigenvalue weighted by molar-refractivity contribution is 0.413. The van der Waals surface area contributed by atoms with E-state index in [0.717, 1.165) is 29.2 Å². The normalized spacial score (nSPS) is 19.4. The van der Waals surface area contributed by atoms with Crippen LogP contribution in [0.15, 0.2) is 54.9 Å². The van der Waals surface area contributed by atoms with Crippen LogP contribution in [0.1, 0.15) is 29.6 Å². The fourth-order valence-electron chi connectivity index (χ4n) is 3.14. The first-order chi connectivity index (χ1) is 11.7. The highest BCUT2D eigenvalue weighted by Gasteiger charge is 2.29. The highest BCUT2D eigenvalue weighted by molar-refractivity contribution is 5.39. The van der Waals surface area contributed by atoms with Crippen LogP contribution in [0.3, 0.4) is 0 Å². The van der Waals surface area contributed by atoms with E-state index in [-0.39, 0.29) is 17.9 Å². The van der Waals surface area contributed by atoms with Gasteiger partial charge in [0, 0.05) is 0 Å². The van der Waals surface area contributed by atoms with Gasteiger partial charge < -0.3 is 10.1 Å². The van der Waals surface area contributed by atoms with Gasteiger partial charge in [-0.2, -0.15) is 10.1 Å². The van der Waals surface area contributed by atoms with Crippen LogP contribution >= 0.6 is 0 Å². The molecule has 0 bridgehead atoms. The molecule has 5 nitrogen and oxygen atoms in total. The third-order valence-corrected chi connectivity index (χ3v) is 4.40. The highest BCUT2D eigenvalue weighted by atomic mass is 19.1. The van der Waals surface area contributed by atoms with Gasteiger partial charge in [-0.15, -0.1) is 0 Å². The van der Waals surface area contributed by atoms with Crippen LogP contribution in [0.5, 0.6) is 5.75 Å². The lowest BCUT2D eigenvalue weighted by Gasteiger charge is -2.31. The van der Waals surface area contributed by atoms with E-state index in [4.69, 9.17) is 4.74 Å². The van der Waals surface area contributed by atoms with Crippen molar-refractivity contribution in [2.75, 3.05) is 12.4 Å². The molecule has 0 aliphatic carbocycles. The van der Waals surface area contributed by atoms with Gasteiger partial charge in [0.1, 0.15) is 17.9 Å².